The lowest BCUT2D eigenvalue weighted by molar-refractivity contribution is -0.118. The first-order valence-corrected chi connectivity index (χ1v) is 8.55. The van der Waals surface area contributed by atoms with Crippen molar-refractivity contribution in [2.75, 3.05) is 6.54 Å². The lowest BCUT2D eigenvalue weighted by Gasteiger charge is -2.22. The number of aryl methyl sites for hydroxylation is 1. The van der Waals surface area contributed by atoms with Gasteiger partial charge in [-0.05, 0) is 36.8 Å². The number of amides is 2. The molecule has 0 spiro atoms. The third-order valence-electron chi connectivity index (χ3n) is 4.04. The van der Waals surface area contributed by atoms with E-state index in [1.807, 2.05) is 30.3 Å². The lowest BCUT2D eigenvalue weighted by Crippen LogP contribution is -2.33. The largest absolute Gasteiger partial charge is 0.370 e. The zero-order chi connectivity index (χ0) is 19.2. The van der Waals surface area contributed by atoms with Crippen LogP contribution in [0.4, 0.5) is 0 Å². The van der Waals surface area contributed by atoms with Crippen LogP contribution in [0.25, 0.3) is 11.5 Å². The molecular formula is C20H20N4O3. The fourth-order valence-corrected chi connectivity index (χ4v) is 2.65. The molecule has 0 saturated carbocycles. The number of carbonyl (C=O) groups excluding carboxylic acids is 2. The van der Waals surface area contributed by atoms with E-state index in [0.29, 0.717) is 23.8 Å². The minimum absolute atomic E-state index is 0.109. The SMILES string of the molecule is Cc1noc(-c2ccc(C(=O)N(CCC(N)=O)Cc3ccccc3)cc2)n1. The maximum Gasteiger partial charge on any atom is 0.257 e. The van der Waals surface area contributed by atoms with E-state index in [-0.39, 0.29) is 18.9 Å². The van der Waals surface area contributed by atoms with Crippen LogP contribution < -0.4 is 5.73 Å². The van der Waals surface area contributed by atoms with Crippen molar-refractivity contribution in [2.45, 2.75) is 19.9 Å². The van der Waals surface area contributed by atoms with Crippen molar-refractivity contribution in [1.82, 2.24) is 15.0 Å². The molecule has 7 heteroatoms. The van der Waals surface area contributed by atoms with Crippen molar-refractivity contribution < 1.29 is 14.1 Å². The first kappa shape index (κ1) is 18.3. The minimum atomic E-state index is -0.442. The molecule has 0 saturated heterocycles. The molecule has 3 aromatic rings. The topological polar surface area (TPSA) is 102 Å². The molecule has 2 aromatic carbocycles. The van der Waals surface area contributed by atoms with Crippen molar-refractivity contribution >= 4 is 11.8 Å². The van der Waals surface area contributed by atoms with Gasteiger partial charge in [0, 0.05) is 30.6 Å². The van der Waals surface area contributed by atoms with E-state index < -0.39 is 5.91 Å². The smallest absolute Gasteiger partial charge is 0.257 e. The molecule has 0 unspecified atom stereocenters. The number of benzene rings is 2. The maximum absolute atomic E-state index is 12.9. The summed E-state index contributed by atoms with van der Waals surface area (Å²) in [4.78, 5) is 29.9. The highest BCUT2D eigenvalue weighted by Crippen LogP contribution is 2.19. The molecule has 0 aliphatic rings. The van der Waals surface area contributed by atoms with Crippen molar-refractivity contribution in [3.63, 3.8) is 0 Å². The molecule has 1 heterocycles. The Bertz CT molecular complexity index is 920. The standard InChI is InChI=1S/C20H20N4O3/c1-14-22-19(27-23-14)16-7-9-17(10-8-16)20(26)24(12-11-18(21)25)13-15-5-3-2-4-6-15/h2-10H,11-13H2,1H3,(H2,21,25). The van der Waals surface area contributed by atoms with E-state index in [1.54, 1.807) is 36.1 Å². The van der Waals surface area contributed by atoms with Gasteiger partial charge in [0.1, 0.15) is 0 Å². The quantitative estimate of drug-likeness (QED) is 0.694. The predicted octanol–water partition coefficient (Wildman–Crippen LogP) is 2.56. The Labute approximate surface area is 156 Å². The van der Waals surface area contributed by atoms with Crippen LogP contribution in [-0.2, 0) is 11.3 Å². The maximum atomic E-state index is 12.9. The van der Waals surface area contributed by atoms with Gasteiger partial charge in [-0.25, -0.2) is 0 Å². The van der Waals surface area contributed by atoms with Crippen LogP contribution in [-0.4, -0.2) is 33.4 Å². The number of carbonyl (C=O) groups is 2. The van der Waals surface area contributed by atoms with Crippen LogP contribution in [0.1, 0.15) is 28.2 Å². The van der Waals surface area contributed by atoms with Gasteiger partial charge < -0.3 is 15.2 Å². The molecule has 2 N–H and O–H groups in total. The third-order valence-corrected chi connectivity index (χ3v) is 4.04. The Morgan fingerprint density at radius 1 is 1.07 bits per heavy atom. The number of rotatable bonds is 7. The average molecular weight is 364 g/mol. The van der Waals surface area contributed by atoms with Gasteiger partial charge in [-0.2, -0.15) is 4.98 Å². The normalized spacial score (nSPS) is 10.6. The first-order chi connectivity index (χ1) is 13.0. The highest BCUT2D eigenvalue weighted by atomic mass is 16.5. The summed E-state index contributed by atoms with van der Waals surface area (Å²) in [6, 6.07) is 16.5. The van der Waals surface area contributed by atoms with Crippen LogP contribution in [0.3, 0.4) is 0 Å². The highest BCUT2D eigenvalue weighted by Gasteiger charge is 2.17. The molecule has 3 rings (SSSR count). The van der Waals surface area contributed by atoms with Crippen molar-refractivity contribution in [2.24, 2.45) is 5.73 Å². The second kappa shape index (κ2) is 8.27. The number of nitrogens with two attached hydrogens (primary N) is 1. The minimum Gasteiger partial charge on any atom is -0.370 e. The molecule has 0 atom stereocenters. The molecule has 7 nitrogen and oxygen atoms in total. The van der Waals surface area contributed by atoms with E-state index >= 15 is 0 Å². The van der Waals surface area contributed by atoms with Crippen LogP contribution in [0, 0.1) is 6.92 Å². The Hall–Kier alpha value is -3.48. The van der Waals surface area contributed by atoms with Crippen molar-refractivity contribution in [3.8, 4) is 11.5 Å². The second-order valence-electron chi connectivity index (χ2n) is 6.15. The molecular weight excluding hydrogens is 344 g/mol. The number of hydrogen-bond acceptors (Lipinski definition) is 5. The number of hydrogen-bond donors (Lipinski definition) is 1. The number of aromatic nitrogens is 2. The zero-order valence-corrected chi connectivity index (χ0v) is 15.0. The summed E-state index contributed by atoms with van der Waals surface area (Å²) in [7, 11) is 0. The zero-order valence-electron chi connectivity index (χ0n) is 15.0. The summed E-state index contributed by atoms with van der Waals surface area (Å²) in [5.41, 5.74) is 7.48. The summed E-state index contributed by atoms with van der Waals surface area (Å²) in [6.45, 7) is 2.40. The Kier molecular flexibility index (Phi) is 5.61. The number of primary amides is 1. The molecule has 0 fully saturated rings. The summed E-state index contributed by atoms with van der Waals surface area (Å²) in [5.74, 6) is 0.336. The van der Waals surface area contributed by atoms with Crippen LogP contribution >= 0.6 is 0 Å². The summed E-state index contributed by atoms with van der Waals surface area (Å²) in [6.07, 6.45) is 0.109. The summed E-state index contributed by atoms with van der Waals surface area (Å²) < 4.78 is 5.13. The van der Waals surface area contributed by atoms with Gasteiger partial charge in [0.05, 0.1) is 0 Å². The van der Waals surface area contributed by atoms with E-state index in [9.17, 15) is 9.59 Å². The fourth-order valence-electron chi connectivity index (χ4n) is 2.65. The van der Waals surface area contributed by atoms with Gasteiger partial charge in [-0.15, -0.1) is 0 Å². The monoisotopic (exact) mass is 364 g/mol. The van der Waals surface area contributed by atoms with Gasteiger partial charge in [0.25, 0.3) is 11.8 Å². The van der Waals surface area contributed by atoms with E-state index in [4.69, 9.17) is 10.3 Å². The fraction of sp³-hybridized carbons (Fsp3) is 0.200. The summed E-state index contributed by atoms with van der Waals surface area (Å²) >= 11 is 0. The molecule has 2 amide bonds. The van der Waals surface area contributed by atoms with Crippen LogP contribution in [0.2, 0.25) is 0 Å². The highest BCUT2D eigenvalue weighted by molar-refractivity contribution is 5.94. The Morgan fingerprint density at radius 3 is 2.37 bits per heavy atom. The second-order valence-corrected chi connectivity index (χ2v) is 6.15. The van der Waals surface area contributed by atoms with Gasteiger partial charge in [-0.1, -0.05) is 35.5 Å². The van der Waals surface area contributed by atoms with Gasteiger partial charge in [0.2, 0.25) is 5.91 Å². The molecule has 27 heavy (non-hydrogen) atoms. The average Bonchev–Trinajstić information content (AvgIpc) is 3.12. The Balaban J connectivity index is 1.78. The van der Waals surface area contributed by atoms with E-state index in [2.05, 4.69) is 10.1 Å². The lowest BCUT2D eigenvalue weighted by atomic mass is 10.1. The third kappa shape index (κ3) is 4.78. The van der Waals surface area contributed by atoms with Gasteiger partial charge >= 0.3 is 0 Å². The van der Waals surface area contributed by atoms with E-state index in [1.165, 1.54) is 0 Å². The molecule has 0 aliphatic heterocycles. The van der Waals surface area contributed by atoms with Crippen molar-refractivity contribution in [1.29, 1.82) is 0 Å². The predicted molar refractivity (Wildman–Crippen MR) is 99.5 cm³/mol. The van der Waals surface area contributed by atoms with Crippen LogP contribution in [0.15, 0.2) is 59.1 Å². The summed E-state index contributed by atoms with van der Waals surface area (Å²) in [5, 5.41) is 3.76. The Morgan fingerprint density at radius 2 is 1.78 bits per heavy atom. The van der Waals surface area contributed by atoms with Crippen molar-refractivity contribution in [3.05, 3.63) is 71.5 Å². The van der Waals surface area contributed by atoms with E-state index in [0.717, 1.165) is 11.1 Å². The number of nitrogens with zero attached hydrogens (tertiary/aromatic N) is 3. The molecule has 1 aromatic heterocycles. The molecule has 0 bridgehead atoms. The molecule has 0 aliphatic carbocycles. The van der Waals surface area contributed by atoms with Gasteiger partial charge in [-0.3, -0.25) is 9.59 Å². The molecule has 138 valence electrons. The first-order valence-electron chi connectivity index (χ1n) is 8.55. The van der Waals surface area contributed by atoms with Crippen LogP contribution in [0.5, 0.6) is 0 Å². The van der Waals surface area contributed by atoms with Gasteiger partial charge in [0.15, 0.2) is 5.82 Å². The molecule has 0 radical (unpaired) electrons.